The maximum atomic E-state index is 12.4. The fraction of sp³-hybridized carbons (Fsp3) is 0.0476. The molecule has 3 N–H and O–H groups in total. The number of rotatable bonds is 4. The highest BCUT2D eigenvalue weighted by Crippen LogP contribution is 2.23. The Labute approximate surface area is 185 Å². The van der Waals surface area contributed by atoms with Crippen molar-refractivity contribution in [2.45, 2.75) is 0 Å². The molecule has 1 aliphatic heterocycles. The van der Waals surface area contributed by atoms with Crippen molar-refractivity contribution in [1.82, 2.24) is 5.32 Å². The van der Waals surface area contributed by atoms with E-state index in [1.807, 2.05) is 42.5 Å². The monoisotopic (exact) mass is 449 g/mol. The van der Waals surface area contributed by atoms with Crippen LogP contribution in [0.2, 0.25) is 0 Å². The molecule has 0 saturated heterocycles. The van der Waals surface area contributed by atoms with Crippen LogP contribution in [0.5, 0.6) is 0 Å². The number of hydrogen-bond acceptors (Lipinski definition) is 6. The predicted molar refractivity (Wildman–Crippen MR) is 124 cm³/mol. The topological polar surface area (TPSA) is 124 Å². The van der Waals surface area contributed by atoms with Gasteiger partial charge in [-0.15, -0.1) is 11.3 Å². The molecule has 10 heteroatoms. The van der Waals surface area contributed by atoms with Gasteiger partial charge in [-0.2, -0.15) is 4.99 Å². The standard InChI is InChI=1S/C21H15N5O3S2/c22-18-17(24-19(28)15-9-4-10-30-15)20(29)26-21(25-18)31-11-16(27)23-14-8-3-6-12-5-1-2-7-13(12)14/h1-10H,11H2,(H,23,27)(H2,22,25,26,29). The van der Waals surface area contributed by atoms with Crippen molar-refractivity contribution in [1.29, 1.82) is 5.41 Å². The highest BCUT2D eigenvalue weighted by molar-refractivity contribution is 8.14. The van der Waals surface area contributed by atoms with E-state index in [1.165, 1.54) is 11.3 Å². The minimum Gasteiger partial charge on any atom is -0.325 e. The zero-order valence-electron chi connectivity index (χ0n) is 15.9. The molecule has 1 aromatic heterocycles. The number of carbonyl (C=O) groups excluding carboxylic acids is 3. The Morgan fingerprint density at radius 1 is 1.13 bits per heavy atom. The molecule has 3 amide bonds. The Bertz CT molecular complexity index is 1260. The summed E-state index contributed by atoms with van der Waals surface area (Å²) in [5, 5.41) is 17.0. The van der Waals surface area contributed by atoms with Crippen LogP contribution in [0.1, 0.15) is 9.67 Å². The number of carbonyl (C=O) groups is 3. The lowest BCUT2D eigenvalue weighted by Gasteiger charge is -2.14. The van der Waals surface area contributed by atoms with Gasteiger partial charge in [-0.3, -0.25) is 25.1 Å². The number of fused-ring (bicyclic) bond motifs is 1. The van der Waals surface area contributed by atoms with Crippen molar-refractivity contribution in [3.05, 3.63) is 64.9 Å². The first-order valence-electron chi connectivity index (χ1n) is 9.07. The Morgan fingerprint density at radius 3 is 2.71 bits per heavy atom. The highest BCUT2D eigenvalue weighted by Gasteiger charge is 2.26. The van der Waals surface area contributed by atoms with Crippen molar-refractivity contribution in [2.75, 3.05) is 11.1 Å². The summed E-state index contributed by atoms with van der Waals surface area (Å²) in [5.74, 6) is -2.04. The number of hydrogen-bond donors (Lipinski definition) is 3. The van der Waals surface area contributed by atoms with E-state index in [0.717, 1.165) is 22.5 Å². The van der Waals surface area contributed by atoms with Crippen LogP contribution >= 0.6 is 23.1 Å². The molecule has 3 aromatic rings. The molecular formula is C21H15N5O3S2. The van der Waals surface area contributed by atoms with E-state index in [2.05, 4.69) is 20.6 Å². The number of anilines is 1. The van der Waals surface area contributed by atoms with Gasteiger partial charge >= 0.3 is 0 Å². The first-order valence-corrected chi connectivity index (χ1v) is 10.9. The third-order valence-corrected chi connectivity index (χ3v) is 5.95. The van der Waals surface area contributed by atoms with Crippen molar-refractivity contribution in [2.24, 2.45) is 9.98 Å². The van der Waals surface area contributed by atoms with Crippen molar-refractivity contribution >= 4 is 74.0 Å². The second-order valence-electron chi connectivity index (χ2n) is 6.33. The van der Waals surface area contributed by atoms with Gasteiger partial charge in [0.25, 0.3) is 11.8 Å². The Morgan fingerprint density at radius 2 is 1.94 bits per heavy atom. The fourth-order valence-electron chi connectivity index (χ4n) is 2.83. The van der Waals surface area contributed by atoms with Crippen LogP contribution in [-0.4, -0.2) is 40.2 Å². The predicted octanol–water partition coefficient (Wildman–Crippen LogP) is 3.32. The Balaban J connectivity index is 1.40. The second-order valence-corrected chi connectivity index (χ2v) is 8.24. The summed E-state index contributed by atoms with van der Waals surface area (Å²) in [5.41, 5.74) is 0.329. The second kappa shape index (κ2) is 9.02. The zero-order valence-corrected chi connectivity index (χ0v) is 17.5. The number of nitrogens with one attached hydrogen (secondary N) is 3. The maximum Gasteiger partial charge on any atom is 0.287 e. The number of nitrogens with zero attached hydrogens (tertiary/aromatic N) is 2. The van der Waals surface area contributed by atoms with Crippen molar-refractivity contribution in [3.63, 3.8) is 0 Å². The number of thiophene rings is 1. The van der Waals surface area contributed by atoms with E-state index < -0.39 is 17.6 Å². The zero-order chi connectivity index (χ0) is 21.8. The molecule has 1 aliphatic rings. The maximum absolute atomic E-state index is 12.4. The average Bonchev–Trinajstić information content (AvgIpc) is 3.30. The molecular weight excluding hydrogens is 434 g/mol. The van der Waals surface area contributed by atoms with Crippen molar-refractivity contribution in [3.8, 4) is 0 Å². The van der Waals surface area contributed by atoms with Gasteiger partial charge in [0.1, 0.15) is 0 Å². The average molecular weight is 450 g/mol. The van der Waals surface area contributed by atoms with Crippen LogP contribution in [0.25, 0.3) is 10.8 Å². The van der Waals surface area contributed by atoms with Gasteiger partial charge in [0.05, 0.1) is 10.6 Å². The summed E-state index contributed by atoms with van der Waals surface area (Å²) in [4.78, 5) is 44.7. The number of thioether (sulfide) groups is 1. The van der Waals surface area contributed by atoms with E-state index in [-0.39, 0.29) is 22.5 Å². The van der Waals surface area contributed by atoms with E-state index in [9.17, 15) is 14.4 Å². The molecule has 8 nitrogen and oxygen atoms in total. The molecule has 0 aliphatic carbocycles. The molecule has 0 spiro atoms. The lowest BCUT2D eigenvalue weighted by Crippen LogP contribution is -2.43. The summed E-state index contributed by atoms with van der Waals surface area (Å²) < 4.78 is 0. The third kappa shape index (κ3) is 4.76. The van der Waals surface area contributed by atoms with Gasteiger partial charge in [0, 0.05) is 11.1 Å². The third-order valence-electron chi connectivity index (χ3n) is 4.22. The molecule has 2 aromatic carbocycles. The fourth-order valence-corrected chi connectivity index (χ4v) is 4.10. The minimum absolute atomic E-state index is 0.0176. The van der Waals surface area contributed by atoms with Gasteiger partial charge in [-0.25, -0.2) is 4.99 Å². The van der Waals surface area contributed by atoms with Crippen molar-refractivity contribution < 1.29 is 14.4 Å². The van der Waals surface area contributed by atoms with E-state index in [1.54, 1.807) is 17.5 Å². The first-order chi connectivity index (χ1) is 15.0. The molecule has 0 atom stereocenters. The van der Waals surface area contributed by atoms with Crippen LogP contribution in [-0.2, 0) is 9.59 Å². The highest BCUT2D eigenvalue weighted by atomic mass is 32.2. The van der Waals surface area contributed by atoms with Crippen LogP contribution in [0.4, 0.5) is 5.69 Å². The molecule has 0 radical (unpaired) electrons. The number of amides is 3. The van der Waals surface area contributed by atoms with Gasteiger partial charge in [-0.1, -0.05) is 54.2 Å². The lowest BCUT2D eigenvalue weighted by atomic mass is 10.1. The van der Waals surface area contributed by atoms with E-state index >= 15 is 0 Å². The van der Waals surface area contributed by atoms with Gasteiger partial charge in [-0.05, 0) is 22.9 Å². The molecule has 0 unspecified atom stereocenters. The van der Waals surface area contributed by atoms with Gasteiger partial charge in [0.15, 0.2) is 16.7 Å². The smallest absolute Gasteiger partial charge is 0.287 e. The molecule has 0 fully saturated rings. The van der Waals surface area contributed by atoms with Crippen LogP contribution in [0.15, 0.2) is 70.0 Å². The van der Waals surface area contributed by atoms with E-state index in [0.29, 0.717) is 10.6 Å². The summed E-state index contributed by atoms with van der Waals surface area (Å²) in [6, 6.07) is 16.6. The number of amidine groups is 2. The lowest BCUT2D eigenvalue weighted by molar-refractivity contribution is -0.114. The van der Waals surface area contributed by atoms with Crippen LogP contribution < -0.4 is 10.6 Å². The van der Waals surface area contributed by atoms with Crippen LogP contribution in [0.3, 0.4) is 0 Å². The largest absolute Gasteiger partial charge is 0.325 e. The summed E-state index contributed by atoms with van der Waals surface area (Å²) in [6.45, 7) is 0. The molecule has 0 saturated carbocycles. The quantitative estimate of drug-likeness (QED) is 0.565. The first kappa shape index (κ1) is 20.6. The normalized spacial score (nSPS) is 15.0. The Kier molecular flexibility index (Phi) is 6.01. The Hall–Kier alpha value is -3.63. The molecule has 2 heterocycles. The molecule has 4 rings (SSSR count). The van der Waals surface area contributed by atoms with Gasteiger partial charge in [0.2, 0.25) is 5.91 Å². The van der Waals surface area contributed by atoms with Gasteiger partial charge < -0.3 is 5.32 Å². The molecule has 0 bridgehead atoms. The SMILES string of the molecule is N=C1N=C(SCC(=O)Nc2cccc3ccccc23)NC(=O)C1=NC(=O)c1cccs1. The summed E-state index contributed by atoms with van der Waals surface area (Å²) in [7, 11) is 0. The van der Waals surface area contributed by atoms with E-state index in [4.69, 9.17) is 5.41 Å². The molecule has 154 valence electrons. The van der Waals surface area contributed by atoms with Crippen LogP contribution in [0, 0.1) is 5.41 Å². The minimum atomic E-state index is -0.707. The summed E-state index contributed by atoms with van der Waals surface area (Å²) >= 11 is 2.18. The molecule has 31 heavy (non-hydrogen) atoms. The summed E-state index contributed by atoms with van der Waals surface area (Å²) in [6.07, 6.45) is 0. The number of benzene rings is 2. The number of aliphatic imine (C=N–C) groups is 2.